The summed E-state index contributed by atoms with van der Waals surface area (Å²) < 4.78 is 13.5. The molecule has 0 spiro atoms. The Morgan fingerprint density at radius 2 is 1.65 bits per heavy atom. The number of aliphatic hydroxyl groups excluding tert-OH is 1. The maximum atomic E-state index is 13.5. The summed E-state index contributed by atoms with van der Waals surface area (Å²) in [6.07, 6.45) is 0. The molecule has 2 aromatic carbocycles. The number of rotatable bonds is 4. The predicted molar refractivity (Wildman–Crippen MR) is 66.3 cm³/mol. The van der Waals surface area contributed by atoms with Crippen molar-refractivity contribution >= 4 is 5.69 Å². The minimum absolute atomic E-state index is 0.0850. The van der Waals surface area contributed by atoms with Gasteiger partial charge in [0, 0.05) is 0 Å². The predicted octanol–water partition coefficient (Wildman–Crippen LogP) is 2.97. The molecule has 0 saturated heterocycles. The van der Waals surface area contributed by atoms with Crippen LogP contribution in [-0.4, -0.2) is 11.7 Å². The molecular formula is C14H14FNO. The topological polar surface area (TPSA) is 32.3 Å². The summed E-state index contributed by atoms with van der Waals surface area (Å²) in [5, 5.41) is 12.3. The van der Waals surface area contributed by atoms with Crippen molar-refractivity contribution in [3.8, 4) is 0 Å². The molecule has 2 nitrogen and oxygen atoms in total. The van der Waals surface area contributed by atoms with Gasteiger partial charge >= 0.3 is 0 Å². The molecule has 88 valence electrons. The zero-order valence-electron chi connectivity index (χ0n) is 9.31. The number of para-hydroxylation sites is 1. The lowest BCUT2D eigenvalue weighted by atomic mass is 10.1. The van der Waals surface area contributed by atoms with Crippen LogP contribution in [0.4, 0.5) is 10.1 Å². The van der Waals surface area contributed by atoms with Gasteiger partial charge in [0.05, 0.1) is 18.3 Å². The van der Waals surface area contributed by atoms with Gasteiger partial charge in [-0.15, -0.1) is 0 Å². The van der Waals surface area contributed by atoms with Gasteiger partial charge in [-0.25, -0.2) is 4.39 Å². The molecule has 0 saturated carbocycles. The molecule has 3 heteroatoms. The molecule has 0 amide bonds. The third kappa shape index (κ3) is 2.82. The first-order valence-corrected chi connectivity index (χ1v) is 5.48. The van der Waals surface area contributed by atoms with Gasteiger partial charge in [-0.05, 0) is 17.7 Å². The molecule has 0 radical (unpaired) electrons. The first-order valence-electron chi connectivity index (χ1n) is 5.48. The fourth-order valence-corrected chi connectivity index (χ4v) is 1.69. The van der Waals surface area contributed by atoms with E-state index in [1.54, 1.807) is 18.2 Å². The van der Waals surface area contributed by atoms with E-state index >= 15 is 0 Å². The summed E-state index contributed by atoms with van der Waals surface area (Å²) in [5.41, 5.74) is 1.33. The molecule has 0 bridgehead atoms. The van der Waals surface area contributed by atoms with E-state index in [0.29, 0.717) is 5.69 Å². The molecule has 0 aliphatic carbocycles. The van der Waals surface area contributed by atoms with Gasteiger partial charge in [-0.2, -0.15) is 0 Å². The van der Waals surface area contributed by atoms with E-state index < -0.39 is 0 Å². The average Bonchev–Trinajstić information content (AvgIpc) is 2.39. The standard InChI is InChI=1S/C14H14FNO/c15-12-8-4-5-9-13(12)16-14(10-17)11-6-2-1-3-7-11/h1-9,14,16-17H,10H2. The van der Waals surface area contributed by atoms with Crippen LogP contribution in [-0.2, 0) is 0 Å². The molecular weight excluding hydrogens is 217 g/mol. The van der Waals surface area contributed by atoms with Gasteiger partial charge in [0.2, 0.25) is 0 Å². The largest absolute Gasteiger partial charge is 0.394 e. The van der Waals surface area contributed by atoms with Crippen LogP contribution in [0.15, 0.2) is 54.6 Å². The maximum Gasteiger partial charge on any atom is 0.146 e. The Morgan fingerprint density at radius 3 is 2.29 bits per heavy atom. The molecule has 2 rings (SSSR count). The Labute approximate surface area is 99.7 Å². The molecule has 2 N–H and O–H groups in total. The van der Waals surface area contributed by atoms with Crippen molar-refractivity contribution in [2.24, 2.45) is 0 Å². The third-order valence-electron chi connectivity index (χ3n) is 2.59. The van der Waals surface area contributed by atoms with Crippen LogP contribution in [0.25, 0.3) is 0 Å². The zero-order chi connectivity index (χ0) is 12.1. The van der Waals surface area contributed by atoms with E-state index in [9.17, 15) is 9.50 Å². The average molecular weight is 231 g/mol. The second-order valence-corrected chi connectivity index (χ2v) is 3.77. The minimum atomic E-state index is -0.318. The van der Waals surface area contributed by atoms with Crippen LogP contribution in [0, 0.1) is 5.82 Å². The van der Waals surface area contributed by atoms with E-state index in [2.05, 4.69) is 5.32 Å². The van der Waals surface area contributed by atoms with Crippen molar-refractivity contribution in [2.45, 2.75) is 6.04 Å². The molecule has 0 aliphatic heterocycles. The second kappa shape index (κ2) is 5.46. The first kappa shape index (κ1) is 11.6. The van der Waals surface area contributed by atoms with E-state index in [1.165, 1.54) is 6.07 Å². The lowest BCUT2D eigenvalue weighted by molar-refractivity contribution is 0.276. The van der Waals surface area contributed by atoms with Gasteiger partial charge in [0.15, 0.2) is 0 Å². The maximum absolute atomic E-state index is 13.5. The Kier molecular flexibility index (Phi) is 3.73. The van der Waals surface area contributed by atoms with Gasteiger partial charge in [-0.1, -0.05) is 42.5 Å². The number of nitrogens with one attached hydrogen (secondary N) is 1. The number of anilines is 1. The van der Waals surface area contributed by atoms with Crippen molar-refractivity contribution in [2.75, 3.05) is 11.9 Å². The lowest BCUT2D eigenvalue weighted by Gasteiger charge is -2.18. The van der Waals surface area contributed by atoms with E-state index in [-0.39, 0.29) is 18.5 Å². The highest BCUT2D eigenvalue weighted by molar-refractivity contribution is 5.46. The number of aliphatic hydroxyl groups is 1. The second-order valence-electron chi connectivity index (χ2n) is 3.77. The van der Waals surface area contributed by atoms with Crippen molar-refractivity contribution < 1.29 is 9.50 Å². The Balaban J connectivity index is 2.19. The molecule has 0 aromatic heterocycles. The molecule has 0 fully saturated rings. The fraction of sp³-hybridized carbons (Fsp3) is 0.143. The van der Waals surface area contributed by atoms with Crippen molar-refractivity contribution in [3.05, 3.63) is 66.0 Å². The summed E-state index contributed by atoms with van der Waals surface area (Å²) in [7, 11) is 0. The van der Waals surface area contributed by atoms with Crippen molar-refractivity contribution in [3.63, 3.8) is 0 Å². The Morgan fingerprint density at radius 1 is 1.00 bits per heavy atom. The minimum Gasteiger partial charge on any atom is -0.394 e. The molecule has 0 aliphatic rings. The Bertz CT molecular complexity index is 473. The molecule has 2 aromatic rings. The highest BCUT2D eigenvalue weighted by Gasteiger charge is 2.11. The van der Waals surface area contributed by atoms with Gasteiger partial charge in [0.1, 0.15) is 5.82 Å². The normalized spacial score (nSPS) is 12.1. The van der Waals surface area contributed by atoms with Gasteiger partial charge in [-0.3, -0.25) is 0 Å². The Hall–Kier alpha value is -1.87. The van der Waals surface area contributed by atoms with Crippen molar-refractivity contribution in [1.29, 1.82) is 0 Å². The highest BCUT2D eigenvalue weighted by Crippen LogP contribution is 2.21. The number of halogens is 1. The summed E-state index contributed by atoms with van der Waals surface area (Å²) in [4.78, 5) is 0. The van der Waals surface area contributed by atoms with Gasteiger partial charge in [0.25, 0.3) is 0 Å². The van der Waals surface area contributed by atoms with Crippen LogP contribution >= 0.6 is 0 Å². The monoisotopic (exact) mass is 231 g/mol. The molecule has 1 unspecified atom stereocenters. The summed E-state index contributed by atoms with van der Waals surface area (Å²) in [6, 6.07) is 15.6. The summed E-state index contributed by atoms with van der Waals surface area (Å²) in [5.74, 6) is -0.318. The smallest absolute Gasteiger partial charge is 0.146 e. The number of benzene rings is 2. The van der Waals surface area contributed by atoms with E-state index in [1.807, 2.05) is 30.3 Å². The van der Waals surface area contributed by atoms with Crippen LogP contribution in [0.3, 0.4) is 0 Å². The molecule has 1 atom stereocenters. The first-order chi connectivity index (χ1) is 8.31. The van der Waals surface area contributed by atoms with Crippen LogP contribution in [0.5, 0.6) is 0 Å². The van der Waals surface area contributed by atoms with E-state index in [0.717, 1.165) is 5.56 Å². The fourth-order valence-electron chi connectivity index (χ4n) is 1.69. The van der Waals surface area contributed by atoms with E-state index in [4.69, 9.17) is 0 Å². The number of hydrogen-bond acceptors (Lipinski definition) is 2. The van der Waals surface area contributed by atoms with Crippen LogP contribution in [0.2, 0.25) is 0 Å². The van der Waals surface area contributed by atoms with Crippen LogP contribution in [0.1, 0.15) is 11.6 Å². The SMILES string of the molecule is OCC(Nc1ccccc1F)c1ccccc1. The lowest BCUT2D eigenvalue weighted by Crippen LogP contribution is -2.15. The molecule has 0 heterocycles. The third-order valence-corrected chi connectivity index (χ3v) is 2.59. The van der Waals surface area contributed by atoms with Crippen LogP contribution < -0.4 is 5.32 Å². The zero-order valence-corrected chi connectivity index (χ0v) is 9.31. The summed E-state index contributed by atoms with van der Waals surface area (Å²) in [6.45, 7) is -0.0850. The molecule has 17 heavy (non-hydrogen) atoms. The highest BCUT2D eigenvalue weighted by atomic mass is 19.1. The summed E-state index contributed by atoms with van der Waals surface area (Å²) >= 11 is 0. The van der Waals surface area contributed by atoms with Crippen molar-refractivity contribution in [1.82, 2.24) is 0 Å². The van der Waals surface area contributed by atoms with Gasteiger partial charge < -0.3 is 10.4 Å². The number of hydrogen-bond donors (Lipinski definition) is 2. The quantitative estimate of drug-likeness (QED) is 0.847.